The quantitative estimate of drug-likeness (QED) is 0.189. The lowest BCUT2D eigenvalue weighted by Gasteiger charge is -2.28. The first-order chi connectivity index (χ1) is 17.0. The number of alkyl carbamates (subject to hydrolysis) is 1. The Hall–Kier alpha value is -2.54. The van der Waals surface area contributed by atoms with Crippen LogP contribution >= 0.6 is 31.1 Å². The molecule has 3 rings (SSSR count). The van der Waals surface area contributed by atoms with Crippen molar-refractivity contribution in [2.45, 2.75) is 41.9 Å². The molecular weight excluding hydrogens is 501 g/mol. The van der Waals surface area contributed by atoms with Crippen LogP contribution in [0.5, 0.6) is 11.5 Å². The summed E-state index contributed by atoms with van der Waals surface area (Å²) in [7, 11) is -3.91. The summed E-state index contributed by atoms with van der Waals surface area (Å²) >= 11 is 3.19. The summed E-state index contributed by atoms with van der Waals surface area (Å²) in [5.41, 5.74) is 0.855. The van der Waals surface area contributed by atoms with Crippen LogP contribution in [0.1, 0.15) is 25.3 Å². The number of ether oxygens (including phenoxy) is 1. The Labute approximate surface area is 215 Å². The van der Waals surface area contributed by atoms with E-state index in [9.17, 15) is 9.36 Å². The van der Waals surface area contributed by atoms with Gasteiger partial charge in [0.2, 0.25) is 0 Å². The van der Waals surface area contributed by atoms with Crippen LogP contribution in [0.2, 0.25) is 0 Å². The third kappa shape index (κ3) is 8.27. The number of carbonyl (C=O) groups excluding carboxylic acids is 1. The first kappa shape index (κ1) is 27.1. The van der Waals surface area contributed by atoms with E-state index in [4.69, 9.17) is 13.8 Å². The molecular formula is C26H30NO5PS2. The van der Waals surface area contributed by atoms with Crippen LogP contribution < -0.4 is 14.4 Å². The topological polar surface area (TPSA) is 73.9 Å². The van der Waals surface area contributed by atoms with Gasteiger partial charge in [0.05, 0.1) is 0 Å². The molecule has 1 N–H and O–H groups in total. The van der Waals surface area contributed by atoms with E-state index in [1.165, 1.54) is 0 Å². The van der Waals surface area contributed by atoms with E-state index in [0.29, 0.717) is 24.3 Å². The summed E-state index contributed by atoms with van der Waals surface area (Å²) in [6.07, 6.45) is 4.30. The summed E-state index contributed by atoms with van der Waals surface area (Å²) in [5, 5.41) is 2.73. The van der Waals surface area contributed by atoms with Crippen molar-refractivity contribution in [3.05, 3.63) is 84.4 Å². The predicted molar refractivity (Wildman–Crippen MR) is 144 cm³/mol. The van der Waals surface area contributed by atoms with Gasteiger partial charge in [0.15, 0.2) is 5.78 Å². The maximum atomic E-state index is 14.2. The van der Waals surface area contributed by atoms with E-state index in [0.717, 1.165) is 15.4 Å². The molecule has 0 aliphatic heterocycles. The van der Waals surface area contributed by atoms with Crippen molar-refractivity contribution in [3.8, 4) is 11.5 Å². The lowest BCUT2D eigenvalue weighted by molar-refractivity contribution is 0.137. The van der Waals surface area contributed by atoms with Gasteiger partial charge in [0, 0.05) is 9.79 Å². The molecule has 0 aromatic heterocycles. The Bertz CT molecular complexity index is 1060. The number of hydrogen-bond acceptors (Lipinski definition) is 7. The average Bonchev–Trinajstić information content (AvgIpc) is 2.88. The molecule has 0 heterocycles. The molecule has 0 bridgehead atoms. The molecule has 0 fully saturated rings. The number of amides is 1. The monoisotopic (exact) mass is 531 g/mol. The van der Waals surface area contributed by atoms with Crippen molar-refractivity contribution in [1.29, 1.82) is 0 Å². The van der Waals surface area contributed by atoms with Gasteiger partial charge in [0.25, 0.3) is 0 Å². The first-order valence-corrected chi connectivity index (χ1v) is 15.3. The van der Waals surface area contributed by atoms with E-state index < -0.39 is 19.5 Å². The van der Waals surface area contributed by atoms with Crippen molar-refractivity contribution in [1.82, 2.24) is 5.32 Å². The van der Waals surface area contributed by atoms with E-state index in [1.807, 2.05) is 74.0 Å². The lowest BCUT2D eigenvalue weighted by Crippen LogP contribution is -2.37. The number of thioether (sulfide) groups is 2. The molecule has 0 saturated carbocycles. The highest BCUT2D eigenvalue weighted by Gasteiger charge is 2.40. The van der Waals surface area contributed by atoms with Crippen LogP contribution in [0.25, 0.3) is 0 Å². The summed E-state index contributed by atoms with van der Waals surface area (Å²) in [6, 6.07) is 23.9. The van der Waals surface area contributed by atoms with Gasteiger partial charge >= 0.3 is 13.7 Å². The van der Waals surface area contributed by atoms with Crippen LogP contribution in [0.4, 0.5) is 4.79 Å². The number of rotatable bonds is 12. The average molecular weight is 532 g/mol. The summed E-state index contributed by atoms with van der Waals surface area (Å²) < 4.78 is 31.6. The SMILES string of the molecule is CCCC(NC(=O)OCc1ccccc1)P(=O)(Oc1ccc(SC)cc1)Oc1ccc(SC)cc1. The van der Waals surface area contributed by atoms with Crippen LogP contribution in [-0.2, 0) is 15.9 Å². The Morgan fingerprint density at radius 3 is 1.83 bits per heavy atom. The fraction of sp³-hybridized carbons (Fsp3) is 0.269. The van der Waals surface area contributed by atoms with E-state index in [-0.39, 0.29) is 6.61 Å². The fourth-order valence-corrected chi connectivity index (χ4v) is 5.97. The van der Waals surface area contributed by atoms with Crippen molar-refractivity contribution < 1.29 is 23.1 Å². The minimum absolute atomic E-state index is 0.101. The number of hydrogen-bond donors (Lipinski definition) is 1. The Morgan fingerprint density at radius 1 is 0.857 bits per heavy atom. The van der Waals surface area contributed by atoms with E-state index in [2.05, 4.69) is 5.32 Å². The number of carbonyl (C=O) groups is 1. The van der Waals surface area contributed by atoms with Gasteiger partial charge in [-0.2, -0.15) is 0 Å². The zero-order chi connectivity index (χ0) is 25.1. The normalized spacial score (nSPS) is 12.0. The van der Waals surface area contributed by atoms with Gasteiger partial charge in [-0.25, -0.2) is 9.36 Å². The van der Waals surface area contributed by atoms with Gasteiger partial charge in [-0.15, -0.1) is 23.5 Å². The molecule has 0 aliphatic rings. The van der Waals surface area contributed by atoms with Crippen molar-refractivity contribution in [3.63, 3.8) is 0 Å². The second-order valence-corrected chi connectivity index (χ2v) is 11.4. The van der Waals surface area contributed by atoms with Crippen LogP contribution in [0.3, 0.4) is 0 Å². The zero-order valence-electron chi connectivity index (χ0n) is 20.0. The molecule has 0 saturated heterocycles. The standard InChI is InChI=1S/C26H30NO5PS2/c1-4-8-25(27-26(28)30-19-20-9-6-5-7-10-20)33(29,31-21-11-15-23(34-2)16-12-21)32-22-13-17-24(35-3)18-14-22/h5-7,9-18,25H,4,8,19H2,1-3H3,(H,27,28). The zero-order valence-corrected chi connectivity index (χ0v) is 22.5. The molecule has 1 unspecified atom stereocenters. The highest BCUT2D eigenvalue weighted by Crippen LogP contribution is 2.53. The van der Waals surface area contributed by atoms with Crippen LogP contribution in [0, 0.1) is 0 Å². The molecule has 35 heavy (non-hydrogen) atoms. The highest BCUT2D eigenvalue weighted by atomic mass is 32.2. The number of nitrogens with one attached hydrogen (secondary N) is 1. The maximum Gasteiger partial charge on any atom is 0.453 e. The highest BCUT2D eigenvalue weighted by molar-refractivity contribution is 7.98. The van der Waals surface area contributed by atoms with Gasteiger partial charge in [-0.1, -0.05) is 43.7 Å². The van der Waals surface area contributed by atoms with Gasteiger partial charge in [-0.3, -0.25) is 0 Å². The second kappa shape index (κ2) is 13.5. The molecule has 1 atom stereocenters. The van der Waals surface area contributed by atoms with Gasteiger partial charge < -0.3 is 19.1 Å². The van der Waals surface area contributed by atoms with Crippen molar-refractivity contribution in [2.75, 3.05) is 12.5 Å². The Morgan fingerprint density at radius 2 is 1.37 bits per heavy atom. The smallest absolute Gasteiger partial charge is 0.445 e. The van der Waals surface area contributed by atoms with Crippen molar-refractivity contribution in [2.24, 2.45) is 0 Å². The lowest BCUT2D eigenvalue weighted by atomic mass is 10.2. The Balaban J connectivity index is 1.82. The van der Waals surface area contributed by atoms with E-state index in [1.54, 1.807) is 47.8 Å². The molecule has 9 heteroatoms. The van der Waals surface area contributed by atoms with Crippen molar-refractivity contribution >= 4 is 37.2 Å². The molecule has 1 amide bonds. The summed E-state index contributed by atoms with van der Waals surface area (Å²) in [4.78, 5) is 14.7. The van der Waals surface area contributed by atoms with E-state index >= 15 is 0 Å². The second-order valence-electron chi connectivity index (χ2n) is 7.58. The molecule has 186 valence electrons. The first-order valence-electron chi connectivity index (χ1n) is 11.2. The minimum Gasteiger partial charge on any atom is -0.445 e. The number of benzene rings is 3. The predicted octanol–water partition coefficient (Wildman–Crippen LogP) is 7.83. The summed E-state index contributed by atoms with van der Waals surface area (Å²) in [6.45, 7) is 2.04. The van der Waals surface area contributed by atoms with Gasteiger partial charge in [0.1, 0.15) is 18.1 Å². The van der Waals surface area contributed by atoms with Crippen LogP contribution in [0.15, 0.2) is 88.7 Å². The molecule has 3 aromatic rings. The third-order valence-electron chi connectivity index (χ3n) is 5.03. The minimum atomic E-state index is -3.91. The third-order valence-corrected chi connectivity index (χ3v) is 8.59. The largest absolute Gasteiger partial charge is 0.453 e. The molecule has 6 nitrogen and oxygen atoms in total. The molecule has 0 radical (unpaired) electrons. The molecule has 0 aliphatic carbocycles. The Kier molecular flexibility index (Phi) is 10.5. The molecule has 0 spiro atoms. The summed E-state index contributed by atoms with van der Waals surface area (Å²) in [5.74, 6) is -0.115. The van der Waals surface area contributed by atoms with Crippen LogP contribution in [-0.4, -0.2) is 24.4 Å². The van der Waals surface area contributed by atoms with Gasteiger partial charge in [-0.05, 0) is 73.0 Å². The maximum absolute atomic E-state index is 14.2. The fourth-order valence-electron chi connectivity index (χ4n) is 3.20. The molecule has 3 aromatic carbocycles.